The highest BCUT2D eigenvalue weighted by atomic mass is 19.4. The van der Waals surface area contributed by atoms with Crippen molar-refractivity contribution in [1.29, 1.82) is 0 Å². The molecule has 3 N–H and O–H groups in total. The number of halogens is 3. The molecular formula is C17H15F3N4O2. The average Bonchev–Trinajstić information content (AvgIpc) is 2.96. The van der Waals surface area contributed by atoms with Gasteiger partial charge in [-0.2, -0.15) is 13.2 Å². The molecule has 0 saturated heterocycles. The second-order valence-corrected chi connectivity index (χ2v) is 5.55. The Balaban J connectivity index is 1.77. The van der Waals surface area contributed by atoms with Crippen LogP contribution in [0.25, 0.3) is 10.9 Å². The van der Waals surface area contributed by atoms with Crippen molar-refractivity contribution in [3.63, 3.8) is 0 Å². The number of fused-ring (bicyclic) bond motifs is 1. The molecule has 2 heterocycles. The van der Waals surface area contributed by atoms with Gasteiger partial charge >= 0.3 is 12.2 Å². The summed E-state index contributed by atoms with van der Waals surface area (Å²) in [5.74, 6) is 0.353. The van der Waals surface area contributed by atoms with Gasteiger partial charge in [0.1, 0.15) is 0 Å². The maximum absolute atomic E-state index is 12.6. The second kappa shape index (κ2) is 6.58. The number of methoxy groups -OCH3 is 1. The summed E-state index contributed by atoms with van der Waals surface area (Å²) in [5.41, 5.74) is 1.37. The van der Waals surface area contributed by atoms with E-state index in [4.69, 9.17) is 4.74 Å². The van der Waals surface area contributed by atoms with E-state index in [2.05, 4.69) is 20.6 Å². The van der Waals surface area contributed by atoms with E-state index in [9.17, 15) is 18.0 Å². The topological polar surface area (TPSA) is 79.0 Å². The van der Waals surface area contributed by atoms with E-state index in [1.807, 2.05) is 6.92 Å². The lowest BCUT2D eigenvalue weighted by Gasteiger charge is -2.10. The van der Waals surface area contributed by atoms with Crippen LogP contribution in [0.4, 0.5) is 29.3 Å². The third kappa shape index (κ3) is 3.56. The number of aromatic nitrogens is 2. The number of ether oxygens (including phenoxy) is 1. The van der Waals surface area contributed by atoms with Crippen LogP contribution in [0, 0.1) is 6.92 Å². The summed E-state index contributed by atoms with van der Waals surface area (Å²) in [6, 6.07) is 5.37. The number of aryl methyl sites for hydroxylation is 1. The summed E-state index contributed by atoms with van der Waals surface area (Å²) in [6.45, 7) is 1.81. The molecule has 1 aromatic carbocycles. The zero-order valence-electron chi connectivity index (χ0n) is 13.9. The summed E-state index contributed by atoms with van der Waals surface area (Å²) in [4.78, 5) is 19.4. The van der Waals surface area contributed by atoms with Crippen molar-refractivity contribution >= 4 is 28.3 Å². The Morgan fingerprint density at radius 1 is 1.19 bits per heavy atom. The van der Waals surface area contributed by atoms with Crippen molar-refractivity contribution < 1.29 is 22.7 Å². The highest BCUT2D eigenvalue weighted by Gasteiger charge is 2.30. The molecular weight excluding hydrogens is 349 g/mol. The molecule has 0 bridgehead atoms. The number of amides is 2. The number of rotatable bonds is 3. The largest absolute Gasteiger partial charge is 0.480 e. The molecule has 9 heteroatoms. The predicted molar refractivity (Wildman–Crippen MR) is 91.5 cm³/mol. The molecule has 0 fully saturated rings. The number of aromatic amines is 1. The highest BCUT2D eigenvalue weighted by molar-refractivity contribution is 6.07. The van der Waals surface area contributed by atoms with Gasteiger partial charge in [0.15, 0.2) is 0 Å². The first-order valence-electron chi connectivity index (χ1n) is 7.56. The van der Waals surface area contributed by atoms with Gasteiger partial charge in [0, 0.05) is 17.6 Å². The lowest BCUT2D eigenvalue weighted by Crippen LogP contribution is -2.19. The number of pyridine rings is 1. The quantitative estimate of drug-likeness (QED) is 0.638. The summed E-state index contributed by atoms with van der Waals surface area (Å²) >= 11 is 0. The fourth-order valence-corrected chi connectivity index (χ4v) is 2.51. The van der Waals surface area contributed by atoms with Gasteiger partial charge in [-0.25, -0.2) is 9.78 Å². The Kier molecular flexibility index (Phi) is 4.45. The number of alkyl halides is 3. The van der Waals surface area contributed by atoms with Crippen molar-refractivity contribution in [3.8, 4) is 5.88 Å². The molecule has 0 saturated carbocycles. The van der Waals surface area contributed by atoms with E-state index in [0.29, 0.717) is 17.0 Å². The van der Waals surface area contributed by atoms with Crippen molar-refractivity contribution in [2.24, 2.45) is 0 Å². The van der Waals surface area contributed by atoms with E-state index < -0.39 is 17.8 Å². The van der Waals surface area contributed by atoms with Gasteiger partial charge in [0.2, 0.25) is 5.88 Å². The van der Waals surface area contributed by atoms with E-state index in [0.717, 1.165) is 23.3 Å². The summed E-state index contributed by atoms with van der Waals surface area (Å²) < 4.78 is 42.9. The van der Waals surface area contributed by atoms with Gasteiger partial charge in [-0.1, -0.05) is 0 Å². The lowest BCUT2D eigenvalue weighted by atomic mass is 10.2. The van der Waals surface area contributed by atoms with Crippen molar-refractivity contribution in [3.05, 3.63) is 47.8 Å². The highest BCUT2D eigenvalue weighted by Crippen LogP contribution is 2.32. The van der Waals surface area contributed by atoms with Crippen molar-refractivity contribution in [1.82, 2.24) is 9.97 Å². The molecule has 3 aromatic rings. The number of hydrogen-bond donors (Lipinski definition) is 3. The molecule has 136 valence electrons. The average molecular weight is 364 g/mol. The first kappa shape index (κ1) is 17.6. The molecule has 0 aliphatic heterocycles. The molecule has 0 atom stereocenters. The van der Waals surface area contributed by atoms with Crippen molar-refractivity contribution in [2.45, 2.75) is 13.1 Å². The van der Waals surface area contributed by atoms with E-state index in [1.165, 1.54) is 19.2 Å². The SMILES string of the molecule is COc1nc(C)cc2[nH]cc(NC(=O)Nc3ccc(C(F)(F)F)cc3)c12. The lowest BCUT2D eigenvalue weighted by molar-refractivity contribution is -0.137. The molecule has 2 aromatic heterocycles. The molecule has 0 spiro atoms. The van der Waals surface area contributed by atoms with E-state index in [1.54, 1.807) is 12.3 Å². The number of urea groups is 1. The van der Waals surface area contributed by atoms with Gasteiger partial charge in [-0.05, 0) is 37.3 Å². The molecule has 26 heavy (non-hydrogen) atoms. The summed E-state index contributed by atoms with van der Waals surface area (Å²) in [5, 5.41) is 5.71. The normalized spacial score (nSPS) is 11.4. The fraction of sp³-hybridized carbons (Fsp3) is 0.176. The molecule has 0 aliphatic rings. The number of hydrogen-bond acceptors (Lipinski definition) is 3. The molecule has 3 rings (SSSR count). The molecule has 0 radical (unpaired) electrons. The number of carbonyl (C=O) groups is 1. The van der Waals surface area contributed by atoms with E-state index >= 15 is 0 Å². The van der Waals surface area contributed by atoms with Gasteiger partial charge < -0.3 is 20.4 Å². The first-order chi connectivity index (χ1) is 12.3. The molecule has 6 nitrogen and oxygen atoms in total. The number of carbonyl (C=O) groups excluding carboxylic acids is 1. The van der Waals surface area contributed by atoms with Crippen LogP contribution in [-0.2, 0) is 6.18 Å². The standard InChI is InChI=1S/C17H15F3N4O2/c1-9-7-12-14(15(22-9)26-2)13(8-21-12)24-16(25)23-11-5-3-10(4-6-11)17(18,19)20/h3-8,21H,1-2H3,(H2,23,24,25). The first-order valence-corrected chi connectivity index (χ1v) is 7.56. The van der Waals surface area contributed by atoms with Crippen LogP contribution in [-0.4, -0.2) is 23.1 Å². The molecule has 0 aliphatic carbocycles. The van der Waals surface area contributed by atoms with Gasteiger partial charge in [-0.3, -0.25) is 0 Å². The predicted octanol–water partition coefficient (Wildman–Crippen LogP) is 4.54. The molecule has 2 amide bonds. The van der Waals surface area contributed by atoms with Crippen LogP contribution in [0.5, 0.6) is 5.88 Å². The Morgan fingerprint density at radius 3 is 2.50 bits per heavy atom. The summed E-state index contributed by atoms with van der Waals surface area (Å²) in [6.07, 6.45) is -2.84. The van der Waals surface area contributed by atoms with Crippen LogP contribution in [0.1, 0.15) is 11.3 Å². The number of nitrogens with zero attached hydrogens (tertiary/aromatic N) is 1. The number of anilines is 2. The van der Waals surface area contributed by atoms with Crippen LogP contribution in [0.15, 0.2) is 36.5 Å². The van der Waals surface area contributed by atoms with Crippen LogP contribution in [0.2, 0.25) is 0 Å². The van der Waals surface area contributed by atoms with Crippen LogP contribution < -0.4 is 15.4 Å². The monoisotopic (exact) mass is 364 g/mol. The Morgan fingerprint density at radius 2 is 1.88 bits per heavy atom. The van der Waals surface area contributed by atoms with Gasteiger partial charge in [0.05, 0.1) is 29.3 Å². The van der Waals surface area contributed by atoms with Gasteiger partial charge in [-0.15, -0.1) is 0 Å². The zero-order chi connectivity index (χ0) is 18.9. The second-order valence-electron chi connectivity index (χ2n) is 5.55. The maximum Gasteiger partial charge on any atom is 0.416 e. The van der Waals surface area contributed by atoms with Crippen LogP contribution in [0.3, 0.4) is 0 Å². The molecule has 0 unspecified atom stereocenters. The number of nitrogens with one attached hydrogen (secondary N) is 3. The minimum absolute atomic E-state index is 0.233. The van der Waals surface area contributed by atoms with Crippen LogP contribution >= 0.6 is 0 Å². The number of H-pyrrole nitrogens is 1. The Bertz CT molecular complexity index is 949. The fourth-order valence-electron chi connectivity index (χ4n) is 2.51. The van der Waals surface area contributed by atoms with Crippen molar-refractivity contribution in [2.75, 3.05) is 17.7 Å². The zero-order valence-corrected chi connectivity index (χ0v) is 13.9. The Hall–Kier alpha value is -3.23. The Labute approximate surface area is 146 Å². The maximum atomic E-state index is 12.6. The minimum atomic E-state index is -4.42. The number of benzene rings is 1. The summed E-state index contributed by atoms with van der Waals surface area (Å²) in [7, 11) is 1.47. The third-order valence-corrected chi connectivity index (χ3v) is 3.67. The van der Waals surface area contributed by atoms with Gasteiger partial charge in [0.25, 0.3) is 0 Å². The third-order valence-electron chi connectivity index (χ3n) is 3.67. The minimum Gasteiger partial charge on any atom is -0.480 e. The van der Waals surface area contributed by atoms with E-state index in [-0.39, 0.29) is 5.69 Å². The smallest absolute Gasteiger partial charge is 0.416 e.